The molecule has 0 saturated heterocycles. The van der Waals surface area contributed by atoms with Crippen LogP contribution in [0.5, 0.6) is 0 Å². The molecule has 1 amide bonds. The van der Waals surface area contributed by atoms with Gasteiger partial charge in [0.1, 0.15) is 11.3 Å². The molecule has 3 aromatic heterocycles. The summed E-state index contributed by atoms with van der Waals surface area (Å²) in [6.07, 6.45) is 0.118. The molecule has 8 heteroatoms. The van der Waals surface area contributed by atoms with Crippen LogP contribution in [0.4, 0.5) is 18.9 Å². The number of fused-ring (bicyclic) bond motifs is 1. The van der Waals surface area contributed by atoms with Crippen molar-refractivity contribution in [2.75, 3.05) is 5.32 Å². The summed E-state index contributed by atoms with van der Waals surface area (Å²) < 4.78 is 39.6. The molecule has 0 bridgehead atoms. The molecule has 0 fully saturated rings. The summed E-state index contributed by atoms with van der Waals surface area (Å²) in [5, 5.41) is 2.67. The first-order valence-electron chi connectivity index (χ1n) is 8.29. The van der Waals surface area contributed by atoms with Gasteiger partial charge in [-0.1, -0.05) is 18.2 Å². The molecule has 0 aliphatic heterocycles. The summed E-state index contributed by atoms with van der Waals surface area (Å²) in [5.74, 6) is -0.548. The van der Waals surface area contributed by atoms with Crippen molar-refractivity contribution in [1.29, 1.82) is 0 Å². The van der Waals surface area contributed by atoms with Crippen molar-refractivity contribution in [2.45, 2.75) is 6.18 Å². The molecule has 3 heterocycles. The SMILES string of the molecule is O=C(Nc1cccc(-c2cn3ccccc3n2)c1)c1ccc(C(F)(F)F)nc1. The monoisotopic (exact) mass is 382 g/mol. The maximum atomic E-state index is 12.6. The molecular formula is C20H13F3N4O. The molecule has 0 saturated carbocycles. The average molecular weight is 382 g/mol. The Hall–Kier alpha value is -3.68. The number of imidazole rings is 1. The van der Waals surface area contributed by atoms with E-state index in [-0.39, 0.29) is 5.56 Å². The maximum absolute atomic E-state index is 12.6. The normalized spacial score (nSPS) is 11.5. The predicted molar refractivity (Wildman–Crippen MR) is 97.8 cm³/mol. The Kier molecular flexibility index (Phi) is 4.31. The zero-order valence-electron chi connectivity index (χ0n) is 14.3. The highest BCUT2D eigenvalue weighted by Gasteiger charge is 2.32. The van der Waals surface area contributed by atoms with Crippen LogP contribution >= 0.6 is 0 Å². The van der Waals surface area contributed by atoms with Gasteiger partial charge in [-0.05, 0) is 36.4 Å². The van der Waals surface area contributed by atoms with Crippen LogP contribution in [0.2, 0.25) is 0 Å². The second kappa shape index (κ2) is 6.80. The van der Waals surface area contributed by atoms with Crippen LogP contribution in [0.1, 0.15) is 16.1 Å². The minimum absolute atomic E-state index is 0.0335. The molecule has 0 spiro atoms. The lowest BCUT2D eigenvalue weighted by molar-refractivity contribution is -0.141. The Labute approximate surface area is 157 Å². The van der Waals surface area contributed by atoms with Crippen LogP contribution in [0, 0.1) is 0 Å². The number of amides is 1. The third-order valence-electron chi connectivity index (χ3n) is 4.10. The molecule has 0 aliphatic carbocycles. The molecular weight excluding hydrogens is 369 g/mol. The molecule has 0 radical (unpaired) electrons. The number of alkyl halides is 3. The Bertz CT molecular complexity index is 1120. The van der Waals surface area contributed by atoms with Gasteiger partial charge in [0.2, 0.25) is 0 Å². The van der Waals surface area contributed by atoms with Crippen LogP contribution < -0.4 is 5.32 Å². The average Bonchev–Trinajstić information content (AvgIpc) is 3.12. The minimum atomic E-state index is -4.54. The van der Waals surface area contributed by atoms with E-state index in [0.717, 1.165) is 35.2 Å². The summed E-state index contributed by atoms with van der Waals surface area (Å²) in [7, 11) is 0. The molecule has 1 N–H and O–H groups in total. The first-order valence-corrected chi connectivity index (χ1v) is 8.29. The number of rotatable bonds is 3. The van der Waals surface area contributed by atoms with E-state index in [2.05, 4.69) is 15.3 Å². The zero-order valence-corrected chi connectivity index (χ0v) is 14.3. The van der Waals surface area contributed by atoms with Gasteiger partial charge in [-0.25, -0.2) is 4.98 Å². The van der Waals surface area contributed by atoms with Crippen LogP contribution in [-0.2, 0) is 6.18 Å². The Morgan fingerprint density at radius 2 is 1.89 bits per heavy atom. The number of anilines is 1. The summed E-state index contributed by atoms with van der Waals surface area (Å²) in [4.78, 5) is 20.1. The van der Waals surface area contributed by atoms with Crippen LogP contribution in [-0.4, -0.2) is 20.3 Å². The Morgan fingerprint density at radius 3 is 2.61 bits per heavy atom. The van der Waals surface area contributed by atoms with Gasteiger partial charge in [-0.15, -0.1) is 0 Å². The van der Waals surface area contributed by atoms with Crippen LogP contribution in [0.25, 0.3) is 16.9 Å². The lowest BCUT2D eigenvalue weighted by Gasteiger charge is -2.08. The highest BCUT2D eigenvalue weighted by molar-refractivity contribution is 6.04. The van der Waals surface area contributed by atoms with Crippen molar-refractivity contribution in [3.8, 4) is 11.3 Å². The Morgan fingerprint density at radius 1 is 1.04 bits per heavy atom. The molecule has 0 unspecified atom stereocenters. The lowest BCUT2D eigenvalue weighted by atomic mass is 10.1. The van der Waals surface area contributed by atoms with E-state index in [4.69, 9.17) is 0 Å². The van der Waals surface area contributed by atoms with E-state index in [1.165, 1.54) is 0 Å². The number of halogens is 3. The maximum Gasteiger partial charge on any atom is 0.433 e. The van der Waals surface area contributed by atoms with E-state index >= 15 is 0 Å². The third kappa shape index (κ3) is 3.57. The van der Waals surface area contributed by atoms with Gasteiger partial charge in [0.15, 0.2) is 0 Å². The number of benzene rings is 1. The van der Waals surface area contributed by atoms with Crippen LogP contribution in [0.3, 0.4) is 0 Å². The Balaban J connectivity index is 1.55. The first kappa shape index (κ1) is 17.7. The highest BCUT2D eigenvalue weighted by atomic mass is 19.4. The number of nitrogens with zero attached hydrogens (tertiary/aromatic N) is 3. The van der Waals surface area contributed by atoms with E-state index < -0.39 is 17.8 Å². The van der Waals surface area contributed by atoms with Crippen molar-refractivity contribution in [2.24, 2.45) is 0 Å². The summed E-state index contributed by atoms with van der Waals surface area (Å²) in [6.45, 7) is 0. The summed E-state index contributed by atoms with van der Waals surface area (Å²) in [5.41, 5.74) is 1.82. The van der Waals surface area contributed by atoms with Crippen molar-refractivity contribution in [3.05, 3.63) is 84.4 Å². The number of carbonyl (C=O) groups excluding carboxylic acids is 1. The molecule has 1 aromatic carbocycles. The van der Waals surface area contributed by atoms with Crippen molar-refractivity contribution >= 4 is 17.2 Å². The lowest BCUT2D eigenvalue weighted by Crippen LogP contribution is -2.14. The van der Waals surface area contributed by atoms with Gasteiger partial charge in [-0.3, -0.25) is 9.78 Å². The van der Waals surface area contributed by atoms with Gasteiger partial charge in [-0.2, -0.15) is 13.2 Å². The van der Waals surface area contributed by atoms with Gasteiger partial charge in [0.05, 0.1) is 11.3 Å². The van der Waals surface area contributed by atoms with Gasteiger partial charge in [0.25, 0.3) is 5.91 Å². The topological polar surface area (TPSA) is 59.3 Å². The number of carbonyl (C=O) groups is 1. The second-order valence-corrected chi connectivity index (χ2v) is 6.06. The van der Waals surface area contributed by atoms with Gasteiger partial charge in [0, 0.05) is 29.8 Å². The van der Waals surface area contributed by atoms with Crippen molar-refractivity contribution < 1.29 is 18.0 Å². The fraction of sp³-hybridized carbons (Fsp3) is 0.0500. The molecule has 140 valence electrons. The number of hydrogen-bond donors (Lipinski definition) is 1. The summed E-state index contributed by atoms with van der Waals surface area (Å²) in [6, 6.07) is 14.6. The van der Waals surface area contributed by atoms with Crippen molar-refractivity contribution in [1.82, 2.24) is 14.4 Å². The quantitative estimate of drug-likeness (QED) is 0.560. The summed E-state index contributed by atoms with van der Waals surface area (Å²) >= 11 is 0. The predicted octanol–water partition coefficient (Wildman–Crippen LogP) is 4.67. The molecule has 4 rings (SSSR count). The number of nitrogens with one attached hydrogen (secondary N) is 1. The fourth-order valence-electron chi connectivity index (χ4n) is 2.73. The second-order valence-electron chi connectivity index (χ2n) is 6.06. The standard InChI is InChI=1S/C20H13F3N4O/c21-20(22,23)17-8-7-14(11-24-17)19(28)25-15-5-3-4-13(10-15)16-12-27-9-2-1-6-18(27)26-16/h1-12H,(H,25,28). The van der Waals surface area contributed by atoms with Crippen molar-refractivity contribution in [3.63, 3.8) is 0 Å². The first-order chi connectivity index (χ1) is 13.4. The number of hydrogen-bond acceptors (Lipinski definition) is 3. The number of aromatic nitrogens is 3. The smallest absolute Gasteiger partial charge is 0.322 e. The van der Waals surface area contributed by atoms with Crippen LogP contribution in [0.15, 0.2) is 73.2 Å². The molecule has 0 atom stereocenters. The molecule has 5 nitrogen and oxygen atoms in total. The molecule has 28 heavy (non-hydrogen) atoms. The van der Waals surface area contributed by atoms with E-state index in [1.807, 2.05) is 41.1 Å². The largest absolute Gasteiger partial charge is 0.433 e. The number of pyridine rings is 2. The molecule has 4 aromatic rings. The fourth-order valence-corrected chi connectivity index (χ4v) is 2.73. The van der Waals surface area contributed by atoms with E-state index in [9.17, 15) is 18.0 Å². The van der Waals surface area contributed by atoms with Gasteiger partial charge < -0.3 is 9.72 Å². The zero-order chi connectivity index (χ0) is 19.7. The highest BCUT2D eigenvalue weighted by Crippen LogP contribution is 2.27. The third-order valence-corrected chi connectivity index (χ3v) is 4.10. The van der Waals surface area contributed by atoms with Gasteiger partial charge >= 0.3 is 6.18 Å². The van der Waals surface area contributed by atoms with E-state index in [0.29, 0.717) is 5.69 Å². The van der Waals surface area contributed by atoms with E-state index in [1.54, 1.807) is 18.2 Å². The molecule has 0 aliphatic rings. The minimum Gasteiger partial charge on any atom is -0.322 e.